The van der Waals surface area contributed by atoms with Gasteiger partial charge in [0.1, 0.15) is 0 Å². The highest BCUT2D eigenvalue weighted by atomic mass is 31.0. The van der Waals surface area contributed by atoms with Crippen LogP contribution in [0.1, 0.15) is 39.0 Å². The maximum atomic E-state index is 2.70. The molecule has 0 spiro atoms. The lowest BCUT2D eigenvalue weighted by atomic mass is 10.1. The summed E-state index contributed by atoms with van der Waals surface area (Å²) < 4.78 is 0. The van der Waals surface area contributed by atoms with Gasteiger partial charge < -0.3 is 0 Å². The van der Waals surface area contributed by atoms with Crippen LogP contribution in [-0.4, -0.2) is 6.16 Å². The summed E-state index contributed by atoms with van der Waals surface area (Å²) in [7, 11) is 2.70. The van der Waals surface area contributed by atoms with E-state index in [2.05, 4.69) is 28.3 Å². The Morgan fingerprint density at radius 1 is 1.10 bits per heavy atom. The molecule has 0 nitrogen and oxygen atoms in total. The molecule has 0 heterocycles. The lowest BCUT2D eigenvalue weighted by molar-refractivity contribution is 0.674. The normalized spacial score (nSPS) is 11.0. The highest BCUT2D eigenvalue weighted by Crippen LogP contribution is 2.02. The van der Waals surface area contributed by atoms with Gasteiger partial charge in [0, 0.05) is 0 Å². The Hall–Kier alpha value is 0.170. The highest BCUT2D eigenvalue weighted by Gasteiger charge is 1.82. The molecule has 0 bridgehead atoms. The maximum absolute atomic E-state index is 2.70. The van der Waals surface area contributed by atoms with Gasteiger partial charge in [0.2, 0.25) is 0 Å². The van der Waals surface area contributed by atoms with Crippen molar-refractivity contribution in [3.05, 3.63) is 12.2 Å². The predicted octanol–water partition coefficient (Wildman–Crippen LogP) is 3.39. The van der Waals surface area contributed by atoms with Crippen LogP contribution >= 0.6 is 9.24 Å². The van der Waals surface area contributed by atoms with Crippen LogP contribution in [0, 0.1) is 0 Å². The molecule has 0 fully saturated rings. The van der Waals surface area contributed by atoms with Crippen molar-refractivity contribution in [1.82, 2.24) is 0 Å². The number of hydrogen-bond donors (Lipinski definition) is 0. The van der Waals surface area contributed by atoms with Gasteiger partial charge in [-0.2, -0.15) is 0 Å². The third-order valence-corrected chi connectivity index (χ3v) is 1.80. The van der Waals surface area contributed by atoms with Crippen molar-refractivity contribution in [3.63, 3.8) is 0 Å². The standard InChI is InChI=1S/C9H19P/c1-2-3-4-5-6-7-8-9-10/h7-8H,2-6,9-10H2,1H3. The molecule has 10 heavy (non-hydrogen) atoms. The third kappa shape index (κ3) is 8.17. The molecule has 0 saturated carbocycles. The fourth-order valence-electron chi connectivity index (χ4n) is 0.903. The second-order valence-corrected chi connectivity index (χ2v) is 3.03. The molecule has 0 aliphatic carbocycles. The van der Waals surface area contributed by atoms with Crippen LogP contribution in [0.25, 0.3) is 0 Å². The molecule has 1 heteroatoms. The highest BCUT2D eigenvalue weighted by molar-refractivity contribution is 7.16. The summed E-state index contributed by atoms with van der Waals surface area (Å²) in [4.78, 5) is 0. The van der Waals surface area contributed by atoms with E-state index in [1.54, 1.807) is 0 Å². The Labute approximate surface area is 67.3 Å². The lowest BCUT2D eigenvalue weighted by Crippen LogP contribution is -1.73. The molecular weight excluding hydrogens is 139 g/mol. The Morgan fingerprint density at radius 2 is 1.90 bits per heavy atom. The Morgan fingerprint density at radius 3 is 2.50 bits per heavy atom. The second kappa shape index (κ2) is 9.17. The van der Waals surface area contributed by atoms with Crippen LogP contribution in [0.3, 0.4) is 0 Å². The molecule has 0 aliphatic heterocycles. The molecule has 0 aromatic carbocycles. The smallest absolute Gasteiger partial charge is 0.0200 e. The fraction of sp³-hybridized carbons (Fsp3) is 0.778. The number of unbranched alkanes of at least 4 members (excludes halogenated alkanes) is 4. The molecule has 0 aromatic rings. The molecule has 60 valence electrons. The van der Waals surface area contributed by atoms with E-state index in [0.717, 1.165) is 6.16 Å². The van der Waals surface area contributed by atoms with Gasteiger partial charge in [-0.05, 0) is 19.0 Å². The molecule has 0 rings (SSSR count). The van der Waals surface area contributed by atoms with Gasteiger partial charge >= 0.3 is 0 Å². The zero-order chi connectivity index (χ0) is 7.66. The first kappa shape index (κ1) is 10.2. The summed E-state index contributed by atoms with van der Waals surface area (Å²) in [5.74, 6) is 0. The first-order valence-corrected chi connectivity index (χ1v) is 5.08. The third-order valence-electron chi connectivity index (χ3n) is 1.53. The summed E-state index contributed by atoms with van der Waals surface area (Å²) in [6.07, 6.45) is 12.4. The van der Waals surface area contributed by atoms with E-state index in [1.165, 1.54) is 32.1 Å². The second-order valence-electron chi connectivity index (χ2n) is 2.56. The van der Waals surface area contributed by atoms with Gasteiger partial charge in [0.05, 0.1) is 0 Å². The molecule has 0 amide bonds. The van der Waals surface area contributed by atoms with Crippen LogP contribution < -0.4 is 0 Å². The van der Waals surface area contributed by atoms with Crippen molar-refractivity contribution in [2.75, 3.05) is 6.16 Å². The minimum absolute atomic E-state index is 1.10. The molecular formula is C9H19P. The van der Waals surface area contributed by atoms with E-state index in [4.69, 9.17) is 0 Å². The van der Waals surface area contributed by atoms with E-state index in [0.29, 0.717) is 0 Å². The molecule has 0 aromatic heterocycles. The Kier molecular flexibility index (Phi) is 9.33. The van der Waals surface area contributed by atoms with Crippen LogP contribution in [0.4, 0.5) is 0 Å². The van der Waals surface area contributed by atoms with Crippen LogP contribution in [-0.2, 0) is 0 Å². The molecule has 0 radical (unpaired) electrons. The van der Waals surface area contributed by atoms with Crippen molar-refractivity contribution in [2.45, 2.75) is 39.0 Å². The van der Waals surface area contributed by atoms with Crippen LogP contribution in [0.2, 0.25) is 0 Å². The minimum atomic E-state index is 1.10. The number of rotatable bonds is 6. The summed E-state index contributed by atoms with van der Waals surface area (Å²) in [5.41, 5.74) is 0. The van der Waals surface area contributed by atoms with Crippen molar-refractivity contribution in [3.8, 4) is 0 Å². The summed E-state index contributed by atoms with van der Waals surface area (Å²) >= 11 is 0. The van der Waals surface area contributed by atoms with Gasteiger partial charge in [-0.15, -0.1) is 9.24 Å². The van der Waals surface area contributed by atoms with E-state index in [1.807, 2.05) is 0 Å². The quantitative estimate of drug-likeness (QED) is 0.316. The first-order chi connectivity index (χ1) is 4.91. The van der Waals surface area contributed by atoms with Crippen molar-refractivity contribution in [2.24, 2.45) is 0 Å². The van der Waals surface area contributed by atoms with E-state index < -0.39 is 0 Å². The van der Waals surface area contributed by atoms with Gasteiger partial charge in [-0.1, -0.05) is 38.3 Å². The van der Waals surface area contributed by atoms with Gasteiger partial charge in [-0.25, -0.2) is 0 Å². The fourth-order valence-corrected chi connectivity index (χ4v) is 1.10. The Balaban J connectivity index is 2.83. The topological polar surface area (TPSA) is 0 Å². The molecule has 0 saturated heterocycles. The predicted molar refractivity (Wildman–Crippen MR) is 52.5 cm³/mol. The summed E-state index contributed by atoms with van der Waals surface area (Å²) in [6, 6.07) is 0. The molecule has 1 unspecified atom stereocenters. The lowest BCUT2D eigenvalue weighted by Gasteiger charge is -1.92. The number of allylic oxidation sites excluding steroid dienone is 2. The van der Waals surface area contributed by atoms with E-state index in [9.17, 15) is 0 Å². The van der Waals surface area contributed by atoms with E-state index >= 15 is 0 Å². The number of hydrogen-bond acceptors (Lipinski definition) is 0. The molecule has 0 aliphatic rings. The van der Waals surface area contributed by atoms with Crippen molar-refractivity contribution >= 4 is 9.24 Å². The summed E-state index contributed by atoms with van der Waals surface area (Å²) in [5, 5.41) is 0. The van der Waals surface area contributed by atoms with Crippen molar-refractivity contribution in [1.29, 1.82) is 0 Å². The van der Waals surface area contributed by atoms with E-state index in [-0.39, 0.29) is 0 Å². The maximum Gasteiger partial charge on any atom is -0.0200 e. The summed E-state index contributed by atoms with van der Waals surface area (Å²) in [6.45, 7) is 2.25. The zero-order valence-electron chi connectivity index (χ0n) is 6.97. The largest absolute Gasteiger partial charge is 0.134 e. The van der Waals surface area contributed by atoms with Gasteiger partial charge in [0.25, 0.3) is 0 Å². The zero-order valence-corrected chi connectivity index (χ0v) is 8.13. The Bertz CT molecular complexity index is 76.8. The molecule has 0 N–H and O–H groups in total. The van der Waals surface area contributed by atoms with Gasteiger partial charge in [0.15, 0.2) is 0 Å². The SMILES string of the molecule is CCCCCCC=CCP. The minimum Gasteiger partial charge on any atom is -0.134 e. The average molecular weight is 158 g/mol. The first-order valence-electron chi connectivity index (χ1n) is 4.27. The average Bonchev–Trinajstić information content (AvgIpc) is 1.97. The van der Waals surface area contributed by atoms with Crippen LogP contribution in [0.5, 0.6) is 0 Å². The van der Waals surface area contributed by atoms with Crippen molar-refractivity contribution < 1.29 is 0 Å². The molecule has 1 atom stereocenters. The van der Waals surface area contributed by atoms with Crippen LogP contribution in [0.15, 0.2) is 12.2 Å². The van der Waals surface area contributed by atoms with Gasteiger partial charge in [-0.3, -0.25) is 0 Å². The monoisotopic (exact) mass is 158 g/mol.